The van der Waals surface area contributed by atoms with Crippen LogP contribution in [0.2, 0.25) is 0 Å². The number of halogens is 1. The monoisotopic (exact) mass is 167 g/mol. The van der Waals surface area contributed by atoms with E-state index in [1.807, 2.05) is 6.92 Å². The van der Waals surface area contributed by atoms with E-state index in [1.54, 1.807) is 12.1 Å². The van der Waals surface area contributed by atoms with Gasteiger partial charge in [0.2, 0.25) is 0 Å². The van der Waals surface area contributed by atoms with Crippen LogP contribution in [0.1, 0.15) is 18.9 Å². The fourth-order valence-corrected chi connectivity index (χ4v) is 0.964. The fourth-order valence-electron chi connectivity index (χ4n) is 0.964. The van der Waals surface area contributed by atoms with Crippen LogP contribution in [0.15, 0.2) is 24.3 Å². The molecule has 0 aliphatic carbocycles. The summed E-state index contributed by atoms with van der Waals surface area (Å²) in [4.78, 5) is 0. The summed E-state index contributed by atoms with van der Waals surface area (Å²) in [7, 11) is 0. The highest BCUT2D eigenvalue weighted by molar-refractivity contribution is 5.23. The van der Waals surface area contributed by atoms with Gasteiger partial charge in [0.15, 0.2) is 0 Å². The normalized spacial score (nSPS) is 15.7. The van der Waals surface area contributed by atoms with Crippen molar-refractivity contribution >= 4 is 0 Å². The van der Waals surface area contributed by atoms with Crippen molar-refractivity contribution in [2.24, 2.45) is 0 Å². The number of hydrogen-bond donors (Lipinski definition) is 1. The first-order chi connectivity index (χ1) is 5.56. The summed E-state index contributed by atoms with van der Waals surface area (Å²) in [5, 5.41) is 9.65. The van der Waals surface area contributed by atoms with Gasteiger partial charge in [0, 0.05) is 0 Å². The Balaban J connectivity index is 2.96. The smallest absolute Gasteiger partial charge is 0.123 e. The number of hydrogen-bond acceptors (Lipinski definition) is 1. The topological polar surface area (TPSA) is 20.2 Å². The van der Waals surface area contributed by atoms with Crippen LogP contribution in [0.25, 0.3) is 0 Å². The van der Waals surface area contributed by atoms with Crippen LogP contribution in [0.5, 0.6) is 0 Å². The highest BCUT2D eigenvalue weighted by atomic mass is 19.1. The maximum atomic E-state index is 12.5. The third-order valence-corrected chi connectivity index (χ3v) is 1.97. The van der Waals surface area contributed by atoms with Crippen molar-refractivity contribution in [1.29, 1.82) is 0 Å². The summed E-state index contributed by atoms with van der Waals surface area (Å²) in [5.74, 6) is -0.300. The van der Waals surface area contributed by atoms with E-state index in [2.05, 4.69) is 6.92 Å². The van der Waals surface area contributed by atoms with E-state index < -0.39 is 5.60 Å². The minimum Gasteiger partial charge on any atom is -0.385 e. The van der Waals surface area contributed by atoms with Crippen molar-refractivity contribution in [3.05, 3.63) is 42.6 Å². The molecule has 1 radical (unpaired) electrons. The highest BCUT2D eigenvalue weighted by Crippen LogP contribution is 2.23. The van der Waals surface area contributed by atoms with Crippen molar-refractivity contribution in [3.8, 4) is 0 Å². The maximum absolute atomic E-state index is 12.5. The summed E-state index contributed by atoms with van der Waals surface area (Å²) < 4.78 is 12.5. The molecule has 0 saturated heterocycles. The Morgan fingerprint density at radius 3 is 2.33 bits per heavy atom. The van der Waals surface area contributed by atoms with Gasteiger partial charge >= 0.3 is 0 Å². The van der Waals surface area contributed by atoms with E-state index in [0.29, 0.717) is 12.0 Å². The third kappa shape index (κ3) is 1.83. The molecule has 1 N–H and O–H groups in total. The molecule has 0 aromatic heterocycles. The lowest BCUT2D eigenvalue weighted by atomic mass is 9.94. The molecule has 1 unspecified atom stereocenters. The fraction of sp³-hybridized carbons (Fsp3) is 0.300. The predicted molar refractivity (Wildman–Crippen MR) is 45.9 cm³/mol. The lowest BCUT2D eigenvalue weighted by Gasteiger charge is -2.21. The molecule has 0 aliphatic heterocycles. The van der Waals surface area contributed by atoms with Gasteiger partial charge in [0.25, 0.3) is 0 Å². The lowest BCUT2D eigenvalue weighted by molar-refractivity contribution is 0.0820. The first-order valence-corrected chi connectivity index (χ1v) is 3.90. The van der Waals surface area contributed by atoms with Crippen LogP contribution in [-0.2, 0) is 5.60 Å². The molecule has 0 bridgehead atoms. The van der Waals surface area contributed by atoms with Crippen LogP contribution in [0, 0.1) is 12.7 Å². The van der Waals surface area contributed by atoms with Crippen molar-refractivity contribution in [2.45, 2.75) is 18.9 Å². The van der Waals surface area contributed by atoms with E-state index in [-0.39, 0.29) is 5.82 Å². The molecule has 0 saturated carbocycles. The maximum Gasteiger partial charge on any atom is 0.123 e. The first-order valence-electron chi connectivity index (χ1n) is 3.90. The molecule has 1 aromatic rings. The number of rotatable bonds is 2. The van der Waals surface area contributed by atoms with Gasteiger partial charge in [-0.1, -0.05) is 19.1 Å². The van der Waals surface area contributed by atoms with Gasteiger partial charge in [-0.2, -0.15) is 0 Å². The quantitative estimate of drug-likeness (QED) is 0.716. The highest BCUT2D eigenvalue weighted by Gasteiger charge is 2.19. The minimum absolute atomic E-state index is 0.300. The second kappa shape index (κ2) is 3.23. The van der Waals surface area contributed by atoms with Crippen LogP contribution in [0.4, 0.5) is 4.39 Å². The van der Waals surface area contributed by atoms with Gasteiger partial charge in [-0.25, -0.2) is 4.39 Å². The summed E-state index contributed by atoms with van der Waals surface area (Å²) >= 11 is 0. The Labute approximate surface area is 71.9 Å². The van der Waals surface area contributed by atoms with E-state index in [1.165, 1.54) is 12.1 Å². The van der Waals surface area contributed by atoms with Gasteiger partial charge in [-0.3, -0.25) is 0 Å². The number of aliphatic hydroxyl groups is 1. The van der Waals surface area contributed by atoms with Gasteiger partial charge in [0.1, 0.15) is 5.82 Å². The first kappa shape index (κ1) is 9.20. The Hall–Kier alpha value is -0.890. The lowest BCUT2D eigenvalue weighted by Crippen LogP contribution is -2.19. The summed E-state index contributed by atoms with van der Waals surface area (Å²) in [5.41, 5.74) is -0.445. The Morgan fingerprint density at radius 2 is 1.92 bits per heavy atom. The SMILES string of the molecule is [CH2]C(O)(CC)c1ccc(F)cc1. The zero-order chi connectivity index (χ0) is 9.19. The molecule has 12 heavy (non-hydrogen) atoms. The second-order valence-electron chi connectivity index (χ2n) is 2.89. The van der Waals surface area contributed by atoms with Crippen LogP contribution >= 0.6 is 0 Å². The molecule has 0 amide bonds. The molecule has 65 valence electrons. The largest absolute Gasteiger partial charge is 0.385 e. The third-order valence-electron chi connectivity index (χ3n) is 1.97. The van der Waals surface area contributed by atoms with Crippen LogP contribution < -0.4 is 0 Å². The van der Waals surface area contributed by atoms with Crippen molar-refractivity contribution in [1.82, 2.24) is 0 Å². The molecule has 1 aromatic carbocycles. The van der Waals surface area contributed by atoms with E-state index >= 15 is 0 Å². The summed E-state index contributed by atoms with van der Waals surface area (Å²) in [6.45, 7) is 5.45. The Kier molecular flexibility index (Phi) is 2.48. The molecule has 0 spiro atoms. The van der Waals surface area contributed by atoms with E-state index in [0.717, 1.165) is 0 Å². The van der Waals surface area contributed by atoms with Gasteiger partial charge < -0.3 is 5.11 Å². The van der Waals surface area contributed by atoms with E-state index in [4.69, 9.17) is 0 Å². The molecule has 0 aliphatic rings. The van der Waals surface area contributed by atoms with Crippen molar-refractivity contribution in [3.63, 3.8) is 0 Å². The predicted octanol–water partition coefficient (Wildman–Crippen LogP) is 2.26. The Bertz CT molecular complexity index is 251. The second-order valence-corrected chi connectivity index (χ2v) is 2.89. The molecule has 1 rings (SSSR count). The molecule has 1 atom stereocenters. The molecule has 1 nitrogen and oxygen atoms in total. The van der Waals surface area contributed by atoms with Crippen molar-refractivity contribution in [2.75, 3.05) is 0 Å². The standard InChI is InChI=1S/C10H12FO/c1-3-10(2,12)8-4-6-9(11)7-5-8/h4-7,12H,2-3H2,1H3. The molecule has 2 heteroatoms. The minimum atomic E-state index is -1.09. The zero-order valence-corrected chi connectivity index (χ0v) is 7.05. The average molecular weight is 167 g/mol. The summed E-state index contributed by atoms with van der Waals surface area (Å²) in [6, 6.07) is 5.74. The zero-order valence-electron chi connectivity index (χ0n) is 7.05. The van der Waals surface area contributed by atoms with Crippen LogP contribution in [0.3, 0.4) is 0 Å². The van der Waals surface area contributed by atoms with Gasteiger partial charge in [-0.15, -0.1) is 0 Å². The van der Waals surface area contributed by atoms with Gasteiger partial charge in [0.05, 0.1) is 5.60 Å². The molecular formula is C10H12FO. The van der Waals surface area contributed by atoms with E-state index in [9.17, 15) is 9.50 Å². The van der Waals surface area contributed by atoms with Gasteiger partial charge in [-0.05, 0) is 31.0 Å². The van der Waals surface area contributed by atoms with Crippen LogP contribution in [-0.4, -0.2) is 5.11 Å². The summed E-state index contributed by atoms with van der Waals surface area (Å²) in [6.07, 6.45) is 0.513. The molecule has 0 fully saturated rings. The molecule has 0 heterocycles. The van der Waals surface area contributed by atoms with Crippen molar-refractivity contribution < 1.29 is 9.50 Å². The average Bonchev–Trinajstić information content (AvgIpc) is 2.05. The molecular weight excluding hydrogens is 155 g/mol. The number of benzene rings is 1. The Morgan fingerprint density at radius 1 is 1.42 bits per heavy atom.